The molecule has 1 atom stereocenters. The minimum atomic E-state index is -0.254. The zero-order valence-electron chi connectivity index (χ0n) is 21.8. The van der Waals surface area contributed by atoms with Gasteiger partial charge in [-0.1, -0.05) is 24.1 Å². The molecule has 0 aliphatic rings. The van der Waals surface area contributed by atoms with Crippen LogP contribution in [0.25, 0.3) is 17.0 Å². The number of ether oxygens (including phenoxy) is 4. The van der Waals surface area contributed by atoms with Crippen LogP contribution in [0.2, 0.25) is 0 Å². The number of esters is 1. The Morgan fingerprint density at radius 2 is 1.71 bits per heavy atom. The van der Waals surface area contributed by atoms with Crippen LogP contribution in [-0.4, -0.2) is 47.5 Å². The number of pyridine rings is 1. The maximum absolute atomic E-state index is 11.9. The van der Waals surface area contributed by atoms with Crippen LogP contribution < -0.4 is 9.47 Å². The fraction of sp³-hybridized carbons (Fsp3) is 0.300. The van der Waals surface area contributed by atoms with E-state index in [1.165, 1.54) is 0 Å². The van der Waals surface area contributed by atoms with Gasteiger partial charge in [0.1, 0.15) is 24.7 Å². The number of hydrogen-bond acceptors (Lipinski definition) is 7. The van der Waals surface area contributed by atoms with Gasteiger partial charge in [0, 0.05) is 24.4 Å². The van der Waals surface area contributed by atoms with Gasteiger partial charge < -0.3 is 18.9 Å². The van der Waals surface area contributed by atoms with Gasteiger partial charge in [-0.3, -0.25) is 4.79 Å². The number of nitrogens with zero attached hydrogens (tertiary/aromatic N) is 3. The van der Waals surface area contributed by atoms with Crippen molar-refractivity contribution in [2.24, 2.45) is 0 Å². The van der Waals surface area contributed by atoms with Crippen molar-refractivity contribution in [3.8, 4) is 34.7 Å². The third-order valence-corrected chi connectivity index (χ3v) is 5.74. The van der Waals surface area contributed by atoms with Gasteiger partial charge in [-0.15, -0.1) is 11.0 Å². The summed E-state index contributed by atoms with van der Waals surface area (Å²) in [5.41, 5.74) is 3.56. The fourth-order valence-electron chi connectivity index (χ4n) is 3.85. The zero-order chi connectivity index (χ0) is 26.7. The Hall–Kier alpha value is -4.35. The third kappa shape index (κ3) is 7.11. The number of benzene rings is 2. The molecule has 0 fully saturated rings. The van der Waals surface area contributed by atoms with E-state index >= 15 is 0 Å². The van der Waals surface area contributed by atoms with Crippen LogP contribution >= 0.6 is 0 Å². The molecule has 2 heterocycles. The van der Waals surface area contributed by atoms with E-state index in [2.05, 4.69) is 21.9 Å². The topological polar surface area (TPSA) is 84.2 Å². The predicted octanol–water partition coefficient (Wildman–Crippen LogP) is 5.06. The summed E-state index contributed by atoms with van der Waals surface area (Å²) in [5.74, 6) is 7.66. The molecule has 8 heteroatoms. The summed E-state index contributed by atoms with van der Waals surface area (Å²) in [6, 6.07) is 19.2. The highest BCUT2D eigenvalue weighted by Gasteiger charge is 2.15. The second kappa shape index (κ2) is 13.3. The van der Waals surface area contributed by atoms with E-state index in [1.807, 2.05) is 66.9 Å². The Kier molecular flexibility index (Phi) is 9.32. The largest absolute Gasteiger partial charge is 0.491 e. The average Bonchev–Trinajstić information content (AvgIpc) is 3.36. The van der Waals surface area contributed by atoms with Crippen molar-refractivity contribution in [1.29, 1.82) is 0 Å². The first-order valence-corrected chi connectivity index (χ1v) is 12.5. The lowest BCUT2D eigenvalue weighted by Crippen LogP contribution is -2.09. The summed E-state index contributed by atoms with van der Waals surface area (Å²) in [5, 5.41) is 4.63. The molecule has 0 amide bonds. The molecule has 0 aliphatic carbocycles. The first kappa shape index (κ1) is 26.7. The normalized spacial score (nSPS) is 11.4. The van der Waals surface area contributed by atoms with E-state index in [1.54, 1.807) is 25.5 Å². The molecule has 4 rings (SSSR count). The quantitative estimate of drug-likeness (QED) is 0.149. The van der Waals surface area contributed by atoms with Crippen LogP contribution in [0.4, 0.5) is 0 Å². The molecule has 0 saturated carbocycles. The first-order chi connectivity index (χ1) is 18.6. The number of rotatable bonds is 12. The van der Waals surface area contributed by atoms with Crippen LogP contribution in [0, 0.1) is 11.8 Å². The maximum atomic E-state index is 11.9. The van der Waals surface area contributed by atoms with Crippen LogP contribution in [0.5, 0.6) is 11.5 Å². The van der Waals surface area contributed by atoms with Gasteiger partial charge in [0.2, 0.25) is 0 Å². The molecule has 0 radical (unpaired) electrons. The maximum Gasteiger partial charge on any atom is 0.307 e. The Morgan fingerprint density at radius 3 is 2.42 bits per heavy atom. The monoisotopic (exact) mass is 513 g/mol. The van der Waals surface area contributed by atoms with Crippen molar-refractivity contribution in [2.45, 2.75) is 32.8 Å². The molecule has 8 nitrogen and oxygen atoms in total. The van der Waals surface area contributed by atoms with Gasteiger partial charge in [-0.05, 0) is 61.9 Å². The predicted molar refractivity (Wildman–Crippen MR) is 144 cm³/mol. The van der Waals surface area contributed by atoms with Gasteiger partial charge in [-0.25, -0.2) is 9.50 Å². The number of carbonyl (C=O) groups is 1. The highest BCUT2D eigenvalue weighted by atomic mass is 16.5. The Morgan fingerprint density at radius 1 is 0.974 bits per heavy atom. The number of aromatic nitrogens is 3. The molecule has 2 aromatic carbocycles. The highest BCUT2D eigenvalue weighted by molar-refractivity contribution is 5.71. The van der Waals surface area contributed by atoms with Crippen molar-refractivity contribution >= 4 is 11.6 Å². The van der Waals surface area contributed by atoms with Crippen LogP contribution in [-0.2, 0) is 20.9 Å². The second-order valence-electron chi connectivity index (χ2n) is 8.45. The SMILES string of the molecule is CC#CC(CC(=O)OCC)c1ccc(OCc2ccc3nc(-c4ccc(OCCOC)cc4)nn3c2)cc1. The van der Waals surface area contributed by atoms with Crippen molar-refractivity contribution in [2.75, 3.05) is 26.9 Å². The number of carbonyl (C=O) groups excluding carboxylic acids is 1. The van der Waals surface area contributed by atoms with E-state index in [9.17, 15) is 4.79 Å². The molecule has 1 unspecified atom stereocenters. The molecular formula is C30H31N3O5. The van der Waals surface area contributed by atoms with Crippen molar-refractivity contribution in [3.05, 3.63) is 78.0 Å². The third-order valence-electron chi connectivity index (χ3n) is 5.74. The lowest BCUT2D eigenvalue weighted by Gasteiger charge is -2.12. The second-order valence-corrected chi connectivity index (χ2v) is 8.45. The molecular weight excluding hydrogens is 482 g/mol. The van der Waals surface area contributed by atoms with E-state index < -0.39 is 0 Å². The smallest absolute Gasteiger partial charge is 0.307 e. The minimum absolute atomic E-state index is 0.212. The Bertz CT molecular complexity index is 1400. The Labute approximate surface area is 222 Å². The molecule has 4 aromatic rings. The van der Waals surface area contributed by atoms with Crippen molar-refractivity contribution in [1.82, 2.24) is 14.6 Å². The summed E-state index contributed by atoms with van der Waals surface area (Å²) >= 11 is 0. The van der Waals surface area contributed by atoms with E-state index in [0.717, 1.165) is 33.8 Å². The van der Waals surface area contributed by atoms with Gasteiger partial charge in [0.15, 0.2) is 11.5 Å². The van der Waals surface area contributed by atoms with Crippen LogP contribution in [0.15, 0.2) is 66.9 Å². The average molecular weight is 514 g/mol. The molecule has 0 N–H and O–H groups in total. The van der Waals surface area contributed by atoms with E-state index in [4.69, 9.17) is 18.9 Å². The van der Waals surface area contributed by atoms with Crippen molar-refractivity contribution in [3.63, 3.8) is 0 Å². The summed E-state index contributed by atoms with van der Waals surface area (Å²) in [7, 11) is 1.65. The molecule has 2 aromatic heterocycles. The standard InChI is InChI=1S/C30H31N3O5/c1-4-6-25(19-29(34)36-5-2)23-8-12-27(13-9-23)38-21-22-7-16-28-31-30(32-33(28)20-22)24-10-14-26(15-11-24)37-18-17-35-3/h7-16,20,25H,5,17-19,21H2,1-3H3. The first-order valence-electron chi connectivity index (χ1n) is 12.5. The molecule has 38 heavy (non-hydrogen) atoms. The summed E-state index contributed by atoms with van der Waals surface area (Å²) in [6.07, 6.45) is 2.13. The molecule has 0 aliphatic heterocycles. The Balaban J connectivity index is 1.38. The van der Waals surface area contributed by atoms with Crippen LogP contribution in [0.1, 0.15) is 37.3 Å². The summed E-state index contributed by atoms with van der Waals surface area (Å²) in [4.78, 5) is 16.6. The number of hydrogen-bond donors (Lipinski definition) is 0. The fourth-order valence-corrected chi connectivity index (χ4v) is 3.85. The number of fused-ring (bicyclic) bond motifs is 1. The highest BCUT2D eigenvalue weighted by Crippen LogP contribution is 2.24. The molecule has 0 bridgehead atoms. The molecule has 196 valence electrons. The van der Waals surface area contributed by atoms with E-state index in [-0.39, 0.29) is 18.3 Å². The van der Waals surface area contributed by atoms with E-state index in [0.29, 0.717) is 32.3 Å². The summed E-state index contributed by atoms with van der Waals surface area (Å²) < 4.78 is 23.4. The van der Waals surface area contributed by atoms with Gasteiger partial charge in [0.05, 0.1) is 25.6 Å². The number of methoxy groups -OCH3 is 1. The minimum Gasteiger partial charge on any atom is -0.491 e. The zero-order valence-corrected chi connectivity index (χ0v) is 21.8. The van der Waals surface area contributed by atoms with Crippen molar-refractivity contribution < 1.29 is 23.7 Å². The molecule has 0 spiro atoms. The van der Waals surface area contributed by atoms with Gasteiger partial charge in [0.25, 0.3) is 0 Å². The van der Waals surface area contributed by atoms with Gasteiger partial charge >= 0.3 is 5.97 Å². The summed E-state index contributed by atoms with van der Waals surface area (Å²) in [6.45, 7) is 5.34. The van der Waals surface area contributed by atoms with Gasteiger partial charge in [-0.2, -0.15) is 0 Å². The lowest BCUT2D eigenvalue weighted by molar-refractivity contribution is -0.143. The lowest BCUT2D eigenvalue weighted by atomic mass is 9.96. The van der Waals surface area contributed by atoms with Crippen LogP contribution in [0.3, 0.4) is 0 Å². The molecule has 0 saturated heterocycles.